The molecule has 35 heavy (non-hydrogen) atoms. The van der Waals surface area contributed by atoms with Gasteiger partial charge in [-0.15, -0.1) is 0 Å². The molecular weight excluding hydrogens is 475 g/mol. The number of amides is 3. The van der Waals surface area contributed by atoms with Crippen molar-refractivity contribution in [1.82, 2.24) is 19.8 Å². The first-order chi connectivity index (χ1) is 16.7. The van der Waals surface area contributed by atoms with Crippen molar-refractivity contribution < 1.29 is 18.8 Å². The van der Waals surface area contributed by atoms with Crippen LogP contribution >= 0.6 is 11.6 Å². The van der Waals surface area contributed by atoms with Gasteiger partial charge in [-0.3, -0.25) is 19.0 Å². The molecule has 0 saturated carbocycles. The number of nitrogens with one attached hydrogen (secondary N) is 2. The number of nitrogens with zero attached hydrogens (tertiary/aromatic N) is 3. The maximum Gasteiger partial charge on any atom is 0.272 e. The molecule has 1 fully saturated rings. The number of aromatic nitrogens is 2. The first-order valence-electron chi connectivity index (χ1n) is 10.9. The second kappa shape index (κ2) is 10.2. The van der Waals surface area contributed by atoms with Crippen LogP contribution in [0.5, 0.6) is 0 Å². The van der Waals surface area contributed by atoms with E-state index in [4.69, 9.17) is 17.3 Å². The van der Waals surface area contributed by atoms with Crippen molar-refractivity contribution in [3.8, 4) is 5.69 Å². The van der Waals surface area contributed by atoms with Crippen LogP contribution in [0.1, 0.15) is 37.8 Å². The zero-order valence-corrected chi connectivity index (χ0v) is 19.7. The second-order valence-corrected chi connectivity index (χ2v) is 8.84. The summed E-state index contributed by atoms with van der Waals surface area (Å²) in [7, 11) is 2.03. The van der Waals surface area contributed by atoms with Crippen molar-refractivity contribution in [2.24, 2.45) is 11.7 Å². The lowest BCUT2D eigenvalue weighted by molar-refractivity contribution is 0.0925. The van der Waals surface area contributed by atoms with Gasteiger partial charge >= 0.3 is 0 Å². The Hall–Kier alpha value is -3.76. The first kappa shape index (κ1) is 24.4. The van der Waals surface area contributed by atoms with Gasteiger partial charge in [0.25, 0.3) is 17.7 Å². The van der Waals surface area contributed by atoms with Crippen molar-refractivity contribution in [1.29, 1.82) is 0 Å². The highest BCUT2D eigenvalue weighted by molar-refractivity contribution is 6.34. The Bertz CT molecular complexity index is 1280. The smallest absolute Gasteiger partial charge is 0.272 e. The quantitative estimate of drug-likeness (QED) is 0.462. The van der Waals surface area contributed by atoms with Gasteiger partial charge in [-0.1, -0.05) is 11.6 Å². The van der Waals surface area contributed by atoms with E-state index in [9.17, 15) is 18.8 Å². The lowest BCUT2D eigenvalue weighted by Crippen LogP contribution is -2.32. The average Bonchev–Trinajstić information content (AvgIpc) is 3.44. The van der Waals surface area contributed by atoms with E-state index in [0.717, 1.165) is 31.6 Å². The zero-order chi connectivity index (χ0) is 25.1. The third-order valence-electron chi connectivity index (χ3n) is 5.84. The number of primary amides is 1. The molecule has 3 aromatic rings. The zero-order valence-electron chi connectivity index (χ0n) is 18.9. The van der Waals surface area contributed by atoms with Gasteiger partial charge in [0.1, 0.15) is 17.8 Å². The molecule has 1 aliphatic heterocycles. The molecule has 1 atom stereocenters. The Labute approximate surface area is 206 Å². The van der Waals surface area contributed by atoms with Crippen LogP contribution in [0, 0.1) is 11.7 Å². The summed E-state index contributed by atoms with van der Waals surface area (Å²) >= 11 is 5.95. The largest absolute Gasteiger partial charge is 0.364 e. The molecule has 0 aliphatic carbocycles. The molecule has 0 spiro atoms. The van der Waals surface area contributed by atoms with Gasteiger partial charge in [0.2, 0.25) is 0 Å². The molecule has 1 saturated heterocycles. The van der Waals surface area contributed by atoms with Crippen LogP contribution in [-0.2, 0) is 0 Å². The molecule has 1 aliphatic rings. The molecule has 2 aromatic carbocycles. The molecule has 0 radical (unpaired) electrons. The van der Waals surface area contributed by atoms with Crippen LogP contribution in [0.3, 0.4) is 0 Å². The first-order valence-corrected chi connectivity index (χ1v) is 11.3. The van der Waals surface area contributed by atoms with Crippen LogP contribution in [-0.4, -0.2) is 58.9 Å². The Kier molecular flexibility index (Phi) is 7.13. The number of halogens is 2. The van der Waals surface area contributed by atoms with Crippen molar-refractivity contribution >= 4 is 35.0 Å². The van der Waals surface area contributed by atoms with E-state index >= 15 is 0 Å². The van der Waals surface area contributed by atoms with Gasteiger partial charge in [0.15, 0.2) is 5.69 Å². The highest BCUT2D eigenvalue weighted by Crippen LogP contribution is 2.21. The highest BCUT2D eigenvalue weighted by atomic mass is 35.5. The van der Waals surface area contributed by atoms with Gasteiger partial charge in [0, 0.05) is 24.5 Å². The summed E-state index contributed by atoms with van der Waals surface area (Å²) in [6.07, 6.45) is 2.34. The summed E-state index contributed by atoms with van der Waals surface area (Å²) in [4.78, 5) is 43.7. The van der Waals surface area contributed by atoms with E-state index in [1.165, 1.54) is 17.0 Å². The molecule has 2 heterocycles. The Morgan fingerprint density at radius 1 is 1.17 bits per heavy atom. The van der Waals surface area contributed by atoms with Crippen LogP contribution in [0.25, 0.3) is 5.69 Å². The number of hydrogen-bond acceptors (Lipinski definition) is 5. The van der Waals surface area contributed by atoms with Crippen molar-refractivity contribution in [2.45, 2.75) is 6.42 Å². The topological polar surface area (TPSA) is 122 Å². The minimum absolute atomic E-state index is 0.00519. The normalized spacial score (nSPS) is 15.7. The van der Waals surface area contributed by atoms with Gasteiger partial charge in [-0.25, -0.2) is 9.37 Å². The SMILES string of the molecule is CN1CCC(CNC(=O)c2ncn(-c3ccc(NC(=O)c4ccc(F)cc4Cl)cc3)c2C(N)=O)C1. The molecule has 11 heteroatoms. The Balaban J connectivity index is 1.48. The summed E-state index contributed by atoms with van der Waals surface area (Å²) in [5, 5.41) is 5.51. The van der Waals surface area contributed by atoms with E-state index in [1.54, 1.807) is 24.3 Å². The summed E-state index contributed by atoms with van der Waals surface area (Å²) in [6.45, 7) is 2.36. The van der Waals surface area contributed by atoms with Crippen molar-refractivity contribution in [3.63, 3.8) is 0 Å². The summed E-state index contributed by atoms with van der Waals surface area (Å²) in [5.41, 5.74) is 6.57. The summed E-state index contributed by atoms with van der Waals surface area (Å²) in [5.74, 6) is -1.96. The molecular formula is C24H24ClFN6O3. The minimum Gasteiger partial charge on any atom is -0.364 e. The molecule has 9 nitrogen and oxygen atoms in total. The fourth-order valence-corrected chi connectivity index (χ4v) is 4.29. The number of benzene rings is 2. The fourth-order valence-electron chi connectivity index (χ4n) is 4.04. The Morgan fingerprint density at radius 3 is 2.54 bits per heavy atom. The van der Waals surface area contributed by atoms with E-state index in [1.807, 2.05) is 7.05 Å². The number of anilines is 1. The second-order valence-electron chi connectivity index (χ2n) is 8.43. The van der Waals surface area contributed by atoms with Gasteiger partial charge in [-0.05, 0) is 68.4 Å². The number of carbonyl (C=O) groups excluding carboxylic acids is 3. The number of carbonyl (C=O) groups is 3. The van der Waals surface area contributed by atoms with Crippen molar-refractivity contribution in [3.05, 3.63) is 76.6 Å². The molecule has 0 bridgehead atoms. The predicted octanol–water partition coefficient (Wildman–Crippen LogP) is 2.70. The maximum atomic E-state index is 13.2. The van der Waals surface area contributed by atoms with E-state index in [0.29, 0.717) is 23.8 Å². The lowest BCUT2D eigenvalue weighted by atomic mass is 10.1. The van der Waals surface area contributed by atoms with Crippen LogP contribution < -0.4 is 16.4 Å². The highest BCUT2D eigenvalue weighted by Gasteiger charge is 2.25. The molecule has 4 N–H and O–H groups in total. The fraction of sp³-hybridized carbons (Fsp3) is 0.250. The van der Waals surface area contributed by atoms with E-state index in [2.05, 4.69) is 20.5 Å². The maximum absolute atomic E-state index is 13.2. The minimum atomic E-state index is -0.795. The number of rotatable bonds is 7. The Morgan fingerprint density at radius 2 is 1.91 bits per heavy atom. The van der Waals surface area contributed by atoms with Crippen molar-refractivity contribution in [2.75, 3.05) is 32.0 Å². The predicted molar refractivity (Wildman–Crippen MR) is 129 cm³/mol. The van der Waals surface area contributed by atoms with Crippen LogP contribution in [0.15, 0.2) is 48.8 Å². The molecule has 1 aromatic heterocycles. The average molecular weight is 499 g/mol. The number of hydrogen-bond donors (Lipinski definition) is 3. The third-order valence-corrected chi connectivity index (χ3v) is 6.15. The van der Waals surface area contributed by atoms with Gasteiger partial charge in [0.05, 0.1) is 10.6 Å². The molecule has 4 rings (SSSR count). The third kappa shape index (κ3) is 5.50. The number of imidazole rings is 1. The molecule has 182 valence electrons. The van der Waals surface area contributed by atoms with E-state index < -0.39 is 23.5 Å². The number of nitrogens with two attached hydrogens (primary N) is 1. The molecule has 1 unspecified atom stereocenters. The summed E-state index contributed by atoms with van der Waals surface area (Å²) in [6, 6.07) is 9.97. The van der Waals surface area contributed by atoms with Crippen LogP contribution in [0.2, 0.25) is 5.02 Å². The van der Waals surface area contributed by atoms with Gasteiger partial charge in [-0.2, -0.15) is 0 Å². The summed E-state index contributed by atoms with van der Waals surface area (Å²) < 4.78 is 14.6. The van der Waals surface area contributed by atoms with Crippen LogP contribution in [0.4, 0.5) is 10.1 Å². The molecule has 3 amide bonds. The lowest BCUT2D eigenvalue weighted by Gasteiger charge is -2.12. The van der Waals surface area contributed by atoms with E-state index in [-0.39, 0.29) is 22.0 Å². The van der Waals surface area contributed by atoms with Gasteiger partial charge < -0.3 is 21.3 Å². The monoisotopic (exact) mass is 498 g/mol. The number of likely N-dealkylation sites (tertiary alicyclic amines) is 1. The standard InChI is InChI=1S/C24H24ClFN6O3/c1-31-9-8-14(12-31)11-28-24(35)20-21(22(27)33)32(13-29-20)17-5-3-16(4-6-17)30-23(34)18-7-2-15(26)10-19(18)25/h2-7,10,13-14H,8-9,11-12H2,1H3,(H2,27,33)(H,28,35)(H,30,34).